The second-order valence-electron chi connectivity index (χ2n) is 5.92. The minimum atomic E-state index is 0. The highest BCUT2D eigenvalue weighted by Crippen LogP contribution is 2.13. The lowest BCUT2D eigenvalue weighted by molar-refractivity contribution is 0.295. The van der Waals surface area contributed by atoms with Crippen LogP contribution in [0.5, 0.6) is 0 Å². The molecule has 0 aliphatic heterocycles. The quantitative estimate of drug-likeness (QED) is 0.233. The zero-order valence-electron chi connectivity index (χ0n) is 15.6. The van der Waals surface area contributed by atoms with Crippen LogP contribution < -0.4 is 11.1 Å². The van der Waals surface area contributed by atoms with Gasteiger partial charge in [-0.15, -0.1) is 24.0 Å². The molecular formula is C19H35IN4. The number of nitrogens with two attached hydrogens (primary N) is 1. The monoisotopic (exact) mass is 446 g/mol. The van der Waals surface area contributed by atoms with E-state index in [-0.39, 0.29) is 24.0 Å². The van der Waals surface area contributed by atoms with Crippen molar-refractivity contribution in [3.63, 3.8) is 0 Å². The number of aliphatic imine (C=N–C) groups is 1. The second-order valence-corrected chi connectivity index (χ2v) is 5.92. The Balaban J connectivity index is 0.00000529. The number of guanidine groups is 1. The van der Waals surface area contributed by atoms with E-state index in [0.717, 1.165) is 32.6 Å². The maximum absolute atomic E-state index is 5.97. The van der Waals surface area contributed by atoms with Crippen molar-refractivity contribution >= 4 is 29.9 Å². The van der Waals surface area contributed by atoms with Crippen molar-refractivity contribution in [2.24, 2.45) is 10.7 Å². The Morgan fingerprint density at radius 1 is 1.04 bits per heavy atom. The van der Waals surface area contributed by atoms with Crippen molar-refractivity contribution in [3.05, 3.63) is 35.4 Å². The van der Waals surface area contributed by atoms with E-state index in [1.165, 1.54) is 30.4 Å². The molecule has 138 valence electrons. The first-order valence-corrected chi connectivity index (χ1v) is 9.04. The van der Waals surface area contributed by atoms with Crippen LogP contribution in [0.3, 0.4) is 0 Å². The molecule has 0 saturated heterocycles. The summed E-state index contributed by atoms with van der Waals surface area (Å²) in [5, 5.41) is 3.21. The van der Waals surface area contributed by atoms with Gasteiger partial charge in [0.1, 0.15) is 0 Å². The number of benzene rings is 1. The lowest BCUT2D eigenvalue weighted by Crippen LogP contribution is -2.32. The summed E-state index contributed by atoms with van der Waals surface area (Å²) in [4.78, 5) is 6.91. The second kappa shape index (κ2) is 14.5. The lowest BCUT2D eigenvalue weighted by Gasteiger charge is -2.19. The topological polar surface area (TPSA) is 53.6 Å². The summed E-state index contributed by atoms with van der Waals surface area (Å²) >= 11 is 0. The third-order valence-corrected chi connectivity index (χ3v) is 4.16. The predicted molar refractivity (Wildman–Crippen MR) is 116 cm³/mol. The van der Waals surface area contributed by atoms with Crippen molar-refractivity contribution in [1.82, 2.24) is 10.2 Å². The van der Waals surface area contributed by atoms with Gasteiger partial charge < -0.3 is 11.1 Å². The molecule has 1 aromatic carbocycles. The van der Waals surface area contributed by atoms with Crippen molar-refractivity contribution in [2.75, 3.05) is 19.6 Å². The Labute approximate surface area is 165 Å². The van der Waals surface area contributed by atoms with Crippen LogP contribution in [0.25, 0.3) is 0 Å². The summed E-state index contributed by atoms with van der Waals surface area (Å²) in [7, 11) is 0. The summed E-state index contributed by atoms with van der Waals surface area (Å²) in [5.41, 5.74) is 8.57. The van der Waals surface area contributed by atoms with Crippen molar-refractivity contribution in [1.29, 1.82) is 0 Å². The molecule has 0 aliphatic rings. The molecule has 1 aromatic rings. The molecule has 0 bridgehead atoms. The van der Waals surface area contributed by atoms with E-state index < -0.39 is 0 Å². The fourth-order valence-electron chi connectivity index (χ4n) is 2.55. The Morgan fingerprint density at radius 3 is 2.33 bits per heavy atom. The molecule has 0 atom stereocenters. The molecule has 0 amide bonds. The van der Waals surface area contributed by atoms with E-state index >= 15 is 0 Å². The van der Waals surface area contributed by atoms with Gasteiger partial charge in [-0.2, -0.15) is 0 Å². The van der Waals surface area contributed by atoms with E-state index in [9.17, 15) is 0 Å². The van der Waals surface area contributed by atoms with E-state index in [1.54, 1.807) is 0 Å². The van der Waals surface area contributed by atoms with Gasteiger partial charge in [-0.1, -0.05) is 64.3 Å². The van der Waals surface area contributed by atoms with E-state index in [1.807, 2.05) is 0 Å². The standard InChI is InChI=1S/C19H34N4.HI/c1-4-7-8-11-14-21-19(20)22-15-17-12-9-10-13-18(17)16-23(5-2)6-3;/h9-10,12-13H,4-8,11,14-16H2,1-3H3,(H3,20,21,22);1H. The first-order chi connectivity index (χ1) is 11.2. The van der Waals surface area contributed by atoms with Crippen LogP contribution in [0, 0.1) is 0 Å². The van der Waals surface area contributed by atoms with Crippen LogP contribution in [-0.2, 0) is 13.1 Å². The molecule has 0 spiro atoms. The average Bonchev–Trinajstić information content (AvgIpc) is 2.58. The smallest absolute Gasteiger partial charge is 0.188 e. The highest BCUT2D eigenvalue weighted by Gasteiger charge is 2.05. The molecule has 4 nitrogen and oxygen atoms in total. The van der Waals surface area contributed by atoms with Crippen LogP contribution >= 0.6 is 24.0 Å². The Bertz CT molecular complexity index is 458. The fourth-order valence-corrected chi connectivity index (χ4v) is 2.55. The van der Waals surface area contributed by atoms with Gasteiger partial charge in [0, 0.05) is 13.1 Å². The van der Waals surface area contributed by atoms with E-state index in [2.05, 4.69) is 60.2 Å². The zero-order valence-corrected chi connectivity index (χ0v) is 17.9. The van der Waals surface area contributed by atoms with E-state index in [4.69, 9.17) is 5.73 Å². The lowest BCUT2D eigenvalue weighted by atomic mass is 10.1. The average molecular weight is 446 g/mol. The molecule has 0 saturated carbocycles. The molecule has 0 aliphatic carbocycles. The highest BCUT2D eigenvalue weighted by molar-refractivity contribution is 14.0. The third kappa shape index (κ3) is 9.47. The Kier molecular flexibility index (Phi) is 14.0. The molecule has 0 unspecified atom stereocenters. The SMILES string of the molecule is CCCCCCNC(N)=NCc1ccccc1CN(CC)CC.I. The molecule has 0 fully saturated rings. The number of hydrogen-bond donors (Lipinski definition) is 2. The van der Waals surface area contributed by atoms with Gasteiger partial charge in [-0.05, 0) is 30.6 Å². The summed E-state index contributed by atoms with van der Waals surface area (Å²) in [5.74, 6) is 0.555. The van der Waals surface area contributed by atoms with Crippen LogP contribution in [-0.4, -0.2) is 30.5 Å². The molecular weight excluding hydrogens is 411 g/mol. The number of nitrogens with one attached hydrogen (secondary N) is 1. The summed E-state index contributed by atoms with van der Waals surface area (Å²) in [6.45, 7) is 11.3. The number of unbranched alkanes of at least 4 members (excludes halogenated alkanes) is 3. The van der Waals surface area contributed by atoms with Gasteiger partial charge in [-0.25, -0.2) is 4.99 Å². The first-order valence-electron chi connectivity index (χ1n) is 9.04. The molecule has 3 N–H and O–H groups in total. The molecule has 5 heteroatoms. The van der Waals surface area contributed by atoms with Gasteiger partial charge >= 0.3 is 0 Å². The largest absolute Gasteiger partial charge is 0.370 e. The Morgan fingerprint density at radius 2 is 1.71 bits per heavy atom. The molecule has 1 rings (SSSR count). The third-order valence-electron chi connectivity index (χ3n) is 4.16. The Hall–Kier alpha value is -0.820. The molecule has 24 heavy (non-hydrogen) atoms. The number of halogens is 1. The predicted octanol–water partition coefficient (Wildman–Crippen LogP) is 4.13. The number of hydrogen-bond acceptors (Lipinski definition) is 2. The summed E-state index contributed by atoms with van der Waals surface area (Å²) < 4.78 is 0. The highest BCUT2D eigenvalue weighted by atomic mass is 127. The van der Waals surface area contributed by atoms with Gasteiger partial charge in [0.15, 0.2) is 5.96 Å². The fraction of sp³-hybridized carbons (Fsp3) is 0.632. The summed E-state index contributed by atoms with van der Waals surface area (Å²) in [6, 6.07) is 8.51. The molecule has 0 radical (unpaired) electrons. The zero-order chi connectivity index (χ0) is 16.9. The van der Waals surface area contributed by atoms with Crippen LogP contribution in [0.4, 0.5) is 0 Å². The maximum Gasteiger partial charge on any atom is 0.188 e. The van der Waals surface area contributed by atoms with E-state index in [0.29, 0.717) is 12.5 Å². The molecule has 0 aromatic heterocycles. The normalized spacial score (nSPS) is 11.4. The van der Waals surface area contributed by atoms with Crippen molar-refractivity contribution in [3.8, 4) is 0 Å². The van der Waals surface area contributed by atoms with Gasteiger partial charge in [0.25, 0.3) is 0 Å². The first kappa shape index (κ1) is 23.2. The number of rotatable bonds is 11. The minimum Gasteiger partial charge on any atom is -0.370 e. The van der Waals surface area contributed by atoms with Gasteiger partial charge in [0.2, 0.25) is 0 Å². The maximum atomic E-state index is 5.97. The van der Waals surface area contributed by atoms with Crippen LogP contribution in [0.15, 0.2) is 29.3 Å². The van der Waals surface area contributed by atoms with Gasteiger partial charge in [0.05, 0.1) is 6.54 Å². The molecule has 0 heterocycles. The van der Waals surface area contributed by atoms with Gasteiger partial charge in [-0.3, -0.25) is 4.90 Å². The van der Waals surface area contributed by atoms with Crippen molar-refractivity contribution in [2.45, 2.75) is 59.5 Å². The van der Waals surface area contributed by atoms with Crippen molar-refractivity contribution < 1.29 is 0 Å². The minimum absolute atomic E-state index is 0. The van der Waals surface area contributed by atoms with Crippen LogP contribution in [0.2, 0.25) is 0 Å². The summed E-state index contributed by atoms with van der Waals surface area (Å²) in [6.07, 6.45) is 4.95. The number of nitrogens with zero attached hydrogens (tertiary/aromatic N) is 2. The van der Waals surface area contributed by atoms with Crippen LogP contribution in [0.1, 0.15) is 57.6 Å².